The average Bonchev–Trinajstić information content (AvgIpc) is 2.68. The van der Waals surface area contributed by atoms with E-state index in [2.05, 4.69) is 28.1 Å². The van der Waals surface area contributed by atoms with Crippen LogP contribution in [-0.4, -0.2) is 9.55 Å². The van der Waals surface area contributed by atoms with Crippen LogP contribution in [0.2, 0.25) is 0 Å². The average molecular weight is 423 g/mol. The third kappa shape index (κ3) is 3.45. The molecule has 0 aliphatic carbocycles. The molecule has 0 N–H and O–H groups in total. The number of hydrogen-bond acceptors (Lipinski definition) is 3. The summed E-state index contributed by atoms with van der Waals surface area (Å²) < 4.78 is 2.57. The maximum Gasteiger partial charge on any atom is 0.266 e. The second-order valence-electron chi connectivity index (χ2n) is 5.81. The molecular formula is C21H15BrN2OS. The minimum Gasteiger partial charge on any atom is -0.268 e. The van der Waals surface area contributed by atoms with Crippen LogP contribution in [0.1, 0.15) is 5.56 Å². The highest BCUT2D eigenvalue weighted by atomic mass is 79.9. The second-order valence-corrected chi connectivity index (χ2v) is 7.66. The molecule has 0 aliphatic rings. The van der Waals surface area contributed by atoms with Crippen LogP contribution in [0.3, 0.4) is 0 Å². The molecule has 4 aromatic rings. The van der Waals surface area contributed by atoms with Gasteiger partial charge in [-0.2, -0.15) is 0 Å². The Morgan fingerprint density at radius 1 is 0.923 bits per heavy atom. The van der Waals surface area contributed by atoms with Crippen molar-refractivity contribution < 1.29 is 0 Å². The summed E-state index contributed by atoms with van der Waals surface area (Å²) in [6, 6.07) is 25.5. The summed E-state index contributed by atoms with van der Waals surface area (Å²) in [5.74, 6) is 0.752. The summed E-state index contributed by atoms with van der Waals surface area (Å²) in [4.78, 5) is 18.0. The first-order chi connectivity index (χ1) is 12.7. The molecular weight excluding hydrogens is 408 g/mol. The molecule has 3 nitrogen and oxygen atoms in total. The van der Waals surface area contributed by atoms with Gasteiger partial charge in [-0.05, 0) is 35.9 Å². The van der Waals surface area contributed by atoms with E-state index in [1.165, 1.54) is 5.56 Å². The van der Waals surface area contributed by atoms with Gasteiger partial charge in [0.15, 0.2) is 5.16 Å². The van der Waals surface area contributed by atoms with Crippen molar-refractivity contribution in [3.8, 4) is 5.69 Å². The van der Waals surface area contributed by atoms with E-state index >= 15 is 0 Å². The van der Waals surface area contributed by atoms with Crippen LogP contribution in [0.5, 0.6) is 0 Å². The van der Waals surface area contributed by atoms with Gasteiger partial charge in [0.1, 0.15) is 0 Å². The van der Waals surface area contributed by atoms with Gasteiger partial charge < -0.3 is 0 Å². The van der Waals surface area contributed by atoms with Crippen LogP contribution < -0.4 is 5.56 Å². The number of halogens is 1. The molecule has 0 radical (unpaired) electrons. The Balaban J connectivity index is 1.87. The monoisotopic (exact) mass is 422 g/mol. The van der Waals surface area contributed by atoms with Gasteiger partial charge in [0.05, 0.1) is 16.6 Å². The van der Waals surface area contributed by atoms with Crippen LogP contribution in [0.4, 0.5) is 0 Å². The summed E-state index contributed by atoms with van der Waals surface area (Å²) in [5, 5.41) is 1.30. The van der Waals surface area contributed by atoms with Gasteiger partial charge >= 0.3 is 0 Å². The van der Waals surface area contributed by atoms with Gasteiger partial charge in [0, 0.05) is 10.2 Å². The maximum absolute atomic E-state index is 13.2. The Morgan fingerprint density at radius 3 is 2.35 bits per heavy atom. The van der Waals surface area contributed by atoms with E-state index in [4.69, 9.17) is 4.98 Å². The van der Waals surface area contributed by atoms with Crippen molar-refractivity contribution in [1.29, 1.82) is 0 Å². The Hall–Kier alpha value is -2.37. The third-order valence-electron chi connectivity index (χ3n) is 4.02. The maximum atomic E-state index is 13.2. The fraction of sp³-hybridized carbons (Fsp3) is 0.0476. The molecule has 0 saturated heterocycles. The predicted octanol–water partition coefficient (Wildman–Crippen LogP) is 5.44. The van der Waals surface area contributed by atoms with E-state index in [1.807, 2.05) is 66.7 Å². The first-order valence-electron chi connectivity index (χ1n) is 8.17. The predicted molar refractivity (Wildman–Crippen MR) is 111 cm³/mol. The zero-order valence-corrected chi connectivity index (χ0v) is 16.2. The summed E-state index contributed by atoms with van der Waals surface area (Å²) in [6.45, 7) is 0. The van der Waals surface area contributed by atoms with Crippen LogP contribution in [0.25, 0.3) is 16.6 Å². The summed E-state index contributed by atoms with van der Waals surface area (Å²) >= 11 is 5.01. The SMILES string of the molecule is O=c1c2cc(Br)ccc2nc(SCc2ccccc2)n1-c1ccccc1. The number of nitrogens with zero attached hydrogens (tertiary/aromatic N) is 2. The van der Waals surface area contributed by atoms with Gasteiger partial charge in [0.2, 0.25) is 0 Å². The molecule has 0 spiro atoms. The number of thioether (sulfide) groups is 1. The largest absolute Gasteiger partial charge is 0.268 e. The Kier molecular flexibility index (Phi) is 4.91. The molecule has 0 fully saturated rings. The molecule has 0 saturated carbocycles. The molecule has 0 atom stereocenters. The topological polar surface area (TPSA) is 34.9 Å². The van der Waals surface area contributed by atoms with Gasteiger partial charge in [-0.15, -0.1) is 0 Å². The molecule has 3 aromatic carbocycles. The minimum atomic E-state index is -0.0574. The van der Waals surface area contributed by atoms with Gasteiger partial charge in [-0.1, -0.05) is 76.2 Å². The number of aromatic nitrogens is 2. The van der Waals surface area contributed by atoms with E-state index in [1.54, 1.807) is 16.3 Å². The van der Waals surface area contributed by atoms with Crippen molar-refractivity contribution in [2.45, 2.75) is 10.9 Å². The van der Waals surface area contributed by atoms with Gasteiger partial charge in [-0.25, -0.2) is 4.98 Å². The van der Waals surface area contributed by atoms with Crippen LogP contribution in [-0.2, 0) is 5.75 Å². The first-order valence-corrected chi connectivity index (χ1v) is 9.95. The highest BCUT2D eigenvalue weighted by molar-refractivity contribution is 9.10. The van der Waals surface area contributed by atoms with Crippen LogP contribution in [0.15, 0.2) is 93.3 Å². The molecule has 0 unspecified atom stereocenters. The van der Waals surface area contributed by atoms with E-state index in [0.717, 1.165) is 15.9 Å². The standard InChI is InChI=1S/C21H15BrN2OS/c22-16-11-12-19-18(13-16)20(25)24(17-9-5-2-6-10-17)21(23-19)26-14-15-7-3-1-4-8-15/h1-13H,14H2. The highest BCUT2D eigenvalue weighted by Crippen LogP contribution is 2.25. The van der Waals surface area contributed by atoms with Crippen molar-refractivity contribution >= 4 is 38.6 Å². The smallest absolute Gasteiger partial charge is 0.266 e. The lowest BCUT2D eigenvalue weighted by Crippen LogP contribution is -2.21. The molecule has 1 heterocycles. The number of para-hydroxylation sites is 1. The Morgan fingerprint density at radius 2 is 1.62 bits per heavy atom. The van der Waals surface area contributed by atoms with Crippen molar-refractivity contribution in [2.75, 3.05) is 0 Å². The third-order valence-corrected chi connectivity index (χ3v) is 5.53. The molecule has 128 valence electrons. The summed E-state index contributed by atoms with van der Waals surface area (Å²) in [6.07, 6.45) is 0. The molecule has 26 heavy (non-hydrogen) atoms. The molecule has 0 bridgehead atoms. The van der Waals surface area contributed by atoms with Crippen molar-refractivity contribution in [2.24, 2.45) is 0 Å². The highest BCUT2D eigenvalue weighted by Gasteiger charge is 2.13. The first kappa shape index (κ1) is 17.1. The number of fused-ring (bicyclic) bond motifs is 1. The van der Waals surface area contributed by atoms with E-state index in [-0.39, 0.29) is 5.56 Å². The fourth-order valence-corrected chi connectivity index (χ4v) is 4.09. The molecule has 4 rings (SSSR count). The number of rotatable bonds is 4. The van der Waals surface area contributed by atoms with Gasteiger partial charge in [-0.3, -0.25) is 9.36 Å². The molecule has 5 heteroatoms. The van der Waals surface area contributed by atoms with Crippen molar-refractivity contribution in [3.63, 3.8) is 0 Å². The Bertz CT molecular complexity index is 1110. The zero-order chi connectivity index (χ0) is 17.9. The zero-order valence-electron chi connectivity index (χ0n) is 13.8. The van der Waals surface area contributed by atoms with E-state index in [0.29, 0.717) is 16.1 Å². The van der Waals surface area contributed by atoms with Crippen LogP contribution >= 0.6 is 27.7 Å². The lowest BCUT2D eigenvalue weighted by molar-refractivity contribution is 0.819. The summed E-state index contributed by atoms with van der Waals surface area (Å²) in [5.41, 5.74) is 2.67. The lowest BCUT2D eigenvalue weighted by Gasteiger charge is -2.13. The van der Waals surface area contributed by atoms with Crippen LogP contribution in [0, 0.1) is 0 Å². The van der Waals surface area contributed by atoms with Gasteiger partial charge in [0.25, 0.3) is 5.56 Å². The minimum absolute atomic E-state index is 0.0574. The second kappa shape index (κ2) is 7.48. The van der Waals surface area contributed by atoms with Crippen molar-refractivity contribution in [3.05, 3.63) is 99.3 Å². The van der Waals surface area contributed by atoms with Crippen molar-refractivity contribution in [1.82, 2.24) is 9.55 Å². The lowest BCUT2D eigenvalue weighted by atomic mass is 10.2. The normalized spacial score (nSPS) is 11.0. The molecule has 1 aromatic heterocycles. The Labute approximate surface area is 163 Å². The molecule has 0 aliphatic heterocycles. The quantitative estimate of drug-likeness (QED) is 0.324. The van der Waals surface area contributed by atoms with E-state index in [9.17, 15) is 4.79 Å². The summed E-state index contributed by atoms with van der Waals surface area (Å²) in [7, 11) is 0. The van der Waals surface area contributed by atoms with E-state index < -0.39 is 0 Å². The molecule has 0 amide bonds. The number of benzene rings is 3. The number of hydrogen-bond donors (Lipinski definition) is 0. The fourth-order valence-electron chi connectivity index (χ4n) is 2.76.